The van der Waals surface area contributed by atoms with Crippen LogP contribution < -0.4 is 5.73 Å². The van der Waals surface area contributed by atoms with Crippen LogP contribution >= 0.6 is 0 Å². The summed E-state index contributed by atoms with van der Waals surface area (Å²) in [5.74, 6) is -0.334. The number of likely N-dealkylation sites (tertiary alicyclic amines) is 1. The van der Waals surface area contributed by atoms with Crippen molar-refractivity contribution in [3.05, 3.63) is 0 Å². The number of alkyl halides is 1. The third-order valence-electron chi connectivity index (χ3n) is 2.88. The summed E-state index contributed by atoms with van der Waals surface area (Å²) in [4.78, 5) is 13.3. The highest BCUT2D eigenvalue weighted by Gasteiger charge is 2.40. The van der Waals surface area contributed by atoms with Crippen LogP contribution in [0.25, 0.3) is 0 Å². The molecule has 4 nitrogen and oxygen atoms in total. The third-order valence-corrected chi connectivity index (χ3v) is 2.88. The smallest absolute Gasteiger partial charge is 0.241 e. The molecule has 1 fully saturated rings. The molecule has 0 saturated carbocycles. The van der Waals surface area contributed by atoms with Crippen molar-refractivity contribution in [2.45, 2.75) is 45.4 Å². The van der Waals surface area contributed by atoms with Gasteiger partial charge in [0.2, 0.25) is 5.91 Å². The molecule has 1 amide bonds. The van der Waals surface area contributed by atoms with Crippen molar-refractivity contribution >= 4 is 5.91 Å². The van der Waals surface area contributed by atoms with Crippen LogP contribution in [-0.2, 0) is 4.79 Å². The van der Waals surface area contributed by atoms with Gasteiger partial charge in [-0.25, -0.2) is 4.39 Å². The second kappa shape index (κ2) is 4.38. The molecule has 1 heterocycles. The van der Waals surface area contributed by atoms with Crippen LogP contribution in [0, 0.1) is 16.7 Å². The molecular weight excluding hydrogens is 209 g/mol. The lowest BCUT2D eigenvalue weighted by atomic mass is 9.86. The van der Waals surface area contributed by atoms with Crippen LogP contribution in [0.5, 0.6) is 0 Å². The Labute approximate surface area is 95.2 Å². The average Bonchev–Trinajstić information content (AvgIpc) is 2.55. The second-order valence-corrected chi connectivity index (χ2v) is 5.31. The van der Waals surface area contributed by atoms with E-state index >= 15 is 0 Å². The molecule has 1 aliphatic heterocycles. The quantitative estimate of drug-likeness (QED) is 0.721. The lowest BCUT2D eigenvalue weighted by Crippen LogP contribution is -2.51. The van der Waals surface area contributed by atoms with E-state index in [0.29, 0.717) is 0 Å². The first kappa shape index (κ1) is 12.9. The molecule has 0 aromatic rings. The fraction of sp³-hybridized carbons (Fsp3) is 0.818. The standard InChI is InChI=1S/C11H18FN3O/c1-11(2,3)9(14)10(16)15-6-7(12)4-8(15)5-13/h7-9H,4,6,14H2,1-3H3/t7-,8-,9+/m0/s1. The largest absolute Gasteiger partial charge is 0.322 e. The predicted octanol–water partition coefficient (Wildman–Crippen LogP) is 0.822. The number of nitrogens with zero attached hydrogens (tertiary/aromatic N) is 2. The van der Waals surface area contributed by atoms with Gasteiger partial charge in [0.25, 0.3) is 0 Å². The summed E-state index contributed by atoms with van der Waals surface area (Å²) >= 11 is 0. The molecule has 16 heavy (non-hydrogen) atoms. The zero-order valence-electron chi connectivity index (χ0n) is 9.90. The lowest BCUT2D eigenvalue weighted by molar-refractivity contribution is -0.135. The van der Waals surface area contributed by atoms with E-state index < -0.39 is 18.3 Å². The van der Waals surface area contributed by atoms with Crippen molar-refractivity contribution < 1.29 is 9.18 Å². The van der Waals surface area contributed by atoms with Crippen LogP contribution in [0.15, 0.2) is 0 Å². The van der Waals surface area contributed by atoms with Crippen molar-refractivity contribution in [3.8, 4) is 6.07 Å². The summed E-state index contributed by atoms with van der Waals surface area (Å²) in [5, 5.41) is 8.84. The minimum absolute atomic E-state index is 0.0131. The molecule has 2 N–H and O–H groups in total. The molecule has 0 spiro atoms. The van der Waals surface area contributed by atoms with Gasteiger partial charge in [0, 0.05) is 6.42 Å². The van der Waals surface area contributed by atoms with Crippen LogP contribution in [-0.4, -0.2) is 35.6 Å². The highest BCUT2D eigenvalue weighted by atomic mass is 19.1. The topological polar surface area (TPSA) is 70.1 Å². The fourth-order valence-corrected chi connectivity index (χ4v) is 1.70. The Morgan fingerprint density at radius 3 is 2.62 bits per heavy atom. The molecule has 3 atom stereocenters. The molecule has 1 rings (SSSR count). The molecule has 1 aliphatic rings. The number of nitriles is 1. The Balaban J connectivity index is 2.79. The molecule has 0 aliphatic carbocycles. The SMILES string of the molecule is CC(C)(C)[C@H](N)C(=O)N1C[C@@H](F)C[C@H]1C#N. The fourth-order valence-electron chi connectivity index (χ4n) is 1.70. The first-order chi connectivity index (χ1) is 7.27. The number of amides is 1. The Morgan fingerprint density at radius 2 is 2.19 bits per heavy atom. The van der Waals surface area contributed by atoms with Crippen molar-refractivity contribution in [2.75, 3.05) is 6.54 Å². The Hall–Kier alpha value is -1.15. The monoisotopic (exact) mass is 227 g/mol. The van der Waals surface area contributed by atoms with Gasteiger partial charge in [-0.3, -0.25) is 4.79 Å². The van der Waals surface area contributed by atoms with Crippen molar-refractivity contribution in [3.63, 3.8) is 0 Å². The molecule has 5 heteroatoms. The Kier molecular flexibility index (Phi) is 3.54. The number of halogens is 1. The number of carbonyl (C=O) groups is 1. The Bertz CT molecular complexity index is 318. The number of hydrogen-bond donors (Lipinski definition) is 1. The van der Waals surface area contributed by atoms with Crippen LogP contribution in [0.2, 0.25) is 0 Å². The van der Waals surface area contributed by atoms with E-state index in [1.807, 2.05) is 26.8 Å². The molecule has 90 valence electrons. The molecule has 0 aromatic heterocycles. The lowest BCUT2D eigenvalue weighted by Gasteiger charge is -2.30. The maximum atomic E-state index is 13.1. The molecular formula is C11H18FN3O. The third kappa shape index (κ3) is 2.50. The number of carbonyl (C=O) groups excluding carboxylic acids is 1. The summed E-state index contributed by atoms with van der Waals surface area (Å²) in [6, 6.07) is 0.570. The van der Waals surface area contributed by atoms with E-state index in [-0.39, 0.29) is 24.3 Å². The van der Waals surface area contributed by atoms with Gasteiger partial charge in [-0.15, -0.1) is 0 Å². The summed E-state index contributed by atoms with van der Waals surface area (Å²) in [7, 11) is 0. The Morgan fingerprint density at radius 1 is 1.62 bits per heavy atom. The van der Waals surface area contributed by atoms with Crippen LogP contribution in [0.4, 0.5) is 4.39 Å². The minimum Gasteiger partial charge on any atom is -0.322 e. The first-order valence-corrected chi connectivity index (χ1v) is 5.37. The van der Waals surface area contributed by atoms with E-state index in [2.05, 4.69) is 0 Å². The van der Waals surface area contributed by atoms with Gasteiger partial charge in [-0.2, -0.15) is 5.26 Å². The highest BCUT2D eigenvalue weighted by molar-refractivity contribution is 5.83. The van der Waals surface area contributed by atoms with Gasteiger partial charge < -0.3 is 10.6 Å². The molecule has 0 aromatic carbocycles. The van der Waals surface area contributed by atoms with Gasteiger partial charge in [0.1, 0.15) is 12.2 Å². The zero-order valence-corrected chi connectivity index (χ0v) is 9.90. The van der Waals surface area contributed by atoms with Gasteiger partial charge in [-0.05, 0) is 5.41 Å². The summed E-state index contributed by atoms with van der Waals surface area (Å²) in [5.41, 5.74) is 5.43. The van der Waals surface area contributed by atoms with Crippen molar-refractivity contribution in [2.24, 2.45) is 11.1 Å². The van der Waals surface area contributed by atoms with E-state index in [9.17, 15) is 9.18 Å². The van der Waals surface area contributed by atoms with E-state index in [4.69, 9.17) is 11.0 Å². The zero-order chi connectivity index (χ0) is 12.5. The molecule has 0 bridgehead atoms. The normalized spacial score (nSPS) is 27.6. The number of rotatable bonds is 1. The first-order valence-electron chi connectivity index (χ1n) is 5.37. The van der Waals surface area contributed by atoms with Gasteiger partial charge in [-0.1, -0.05) is 20.8 Å². The summed E-state index contributed by atoms with van der Waals surface area (Å²) in [6.07, 6.45) is -1.01. The molecule has 0 unspecified atom stereocenters. The van der Waals surface area contributed by atoms with E-state index in [1.165, 1.54) is 4.90 Å². The van der Waals surface area contributed by atoms with Crippen LogP contribution in [0.1, 0.15) is 27.2 Å². The average molecular weight is 227 g/mol. The minimum atomic E-state index is -1.11. The van der Waals surface area contributed by atoms with E-state index in [0.717, 1.165) is 0 Å². The second-order valence-electron chi connectivity index (χ2n) is 5.31. The maximum absolute atomic E-state index is 13.1. The molecule has 0 radical (unpaired) electrons. The van der Waals surface area contributed by atoms with Gasteiger partial charge in [0.05, 0.1) is 18.7 Å². The maximum Gasteiger partial charge on any atom is 0.241 e. The molecule has 1 saturated heterocycles. The number of hydrogen-bond acceptors (Lipinski definition) is 3. The van der Waals surface area contributed by atoms with Crippen molar-refractivity contribution in [1.82, 2.24) is 4.90 Å². The van der Waals surface area contributed by atoms with Crippen molar-refractivity contribution in [1.29, 1.82) is 5.26 Å². The van der Waals surface area contributed by atoms with Gasteiger partial charge >= 0.3 is 0 Å². The highest BCUT2D eigenvalue weighted by Crippen LogP contribution is 2.25. The van der Waals surface area contributed by atoms with E-state index in [1.54, 1.807) is 0 Å². The number of nitrogens with two attached hydrogens (primary N) is 1. The predicted molar refractivity (Wildman–Crippen MR) is 58.1 cm³/mol. The van der Waals surface area contributed by atoms with Gasteiger partial charge in [0.15, 0.2) is 0 Å². The van der Waals surface area contributed by atoms with Crippen LogP contribution in [0.3, 0.4) is 0 Å². The summed E-state index contributed by atoms with van der Waals surface area (Å²) in [6.45, 7) is 5.53. The summed E-state index contributed by atoms with van der Waals surface area (Å²) < 4.78 is 13.1.